The molecule has 2 aromatic rings. The summed E-state index contributed by atoms with van der Waals surface area (Å²) < 4.78 is 14.8. The summed E-state index contributed by atoms with van der Waals surface area (Å²) in [5, 5.41) is 7.37. The summed E-state index contributed by atoms with van der Waals surface area (Å²) in [5.41, 5.74) is 0.0327. The van der Waals surface area contributed by atoms with Crippen molar-refractivity contribution < 1.29 is 4.39 Å². The highest BCUT2D eigenvalue weighted by Gasteiger charge is 2.45. The standard InChI is InChI=1S/C11H12FN5/c12-9-6-10(15-8-14-9)13-7-11(2-3-11)17-5-1-4-16-17/h1,4-6,8H,2-3,7H2,(H,13,14,15). The molecule has 0 radical (unpaired) electrons. The SMILES string of the molecule is Fc1cc(NCC2(n3cccn3)CC2)ncn1. The number of hydrogen-bond donors (Lipinski definition) is 1. The lowest BCUT2D eigenvalue weighted by molar-refractivity contribution is 0.452. The first-order valence-electron chi connectivity index (χ1n) is 5.50. The topological polar surface area (TPSA) is 55.6 Å². The van der Waals surface area contributed by atoms with Crippen molar-refractivity contribution in [1.29, 1.82) is 0 Å². The molecule has 2 heterocycles. The third-order valence-corrected chi connectivity index (χ3v) is 3.05. The van der Waals surface area contributed by atoms with Crippen LogP contribution in [0.5, 0.6) is 0 Å². The van der Waals surface area contributed by atoms with Gasteiger partial charge in [0, 0.05) is 25.0 Å². The average Bonchev–Trinajstić information content (AvgIpc) is 2.91. The largest absolute Gasteiger partial charge is 0.367 e. The van der Waals surface area contributed by atoms with E-state index >= 15 is 0 Å². The van der Waals surface area contributed by atoms with Gasteiger partial charge in [0.15, 0.2) is 0 Å². The van der Waals surface area contributed by atoms with E-state index in [0.29, 0.717) is 12.4 Å². The predicted octanol–water partition coefficient (Wildman–Crippen LogP) is 1.41. The molecule has 0 aromatic carbocycles. The van der Waals surface area contributed by atoms with E-state index in [2.05, 4.69) is 20.4 Å². The normalized spacial score (nSPS) is 16.8. The minimum Gasteiger partial charge on any atom is -0.367 e. The van der Waals surface area contributed by atoms with Crippen LogP contribution in [-0.2, 0) is 5.54 Å². The molecule has 0 atom stereocenters. The summed E-state index contributed by atoms with van der Waals surface area (Å²) in [6.07, 6.45) is 7.09. The van der Waals surface area contributed by atoms with Crippen molar-refractivity contribution in [3.05, 3.63) is 36.8 Å². The number of rotatable bonds is 4. The highest BCUT2D eigenvalue weighted by atomic mass is 19.1. The third-order valence-electron chi connectivity index (χ3n) is 3.05. The van der Waals surface area contributed by atoms with E-state index in [4.69, 9.17) is 0 Å². The van der Waals surface area contributed by atoms with E-state index in [1.165, 1.54) is 12.4 Å². The fourth-order valence-corrected chi connectivity index (χ4v) is 1.87. The highest BCUT2D eigenvalue weighted by molar-refractivity contribution is 5.33. The van der Waals surface area contributed by atoms with E-state index in [9.17, 15) is 4.39 Å². The fourth-order valence-electron chi connectivity index (χ4n) is 1.87. The third kappa shape index (κ3) is 1.98. The van der Waals surface area contributed by atoms with Gasteiger partial charge in [-0.1, -0.05) is 0 Å². The molecule has 17 heavy (non-hydrogen) atoms. The van der Waals surface area contributed by atoms with Crippen molar-refractivity contribution in [3.8, 4) is 0 Å². The van der Waals surface area contributed by atoms with Crippen LogP contribution in [-0.4, -0.2) is 26.3 Å². The maximum atomic E-state index is 12.9. The first-order chi connectivity index (χ1) is 8.28. The van der Waals surface area contributed by atoms with Crippen LogP contribution in [0.3, 0.4) is 0 Å². The minimum atomic E-state index is -0.522. The van der Waals surface area contributed by atoms with Gasteiger partial charge in [0.1, 0.15) is 12.1 Å². The molecule has 0 aliphatic heterocycles. The Hall–Kier alpha value is -1.98. The van der Waals surface area contributed by atoms with Crippen molar-refractivity contribution in [2.45, 2.75) is 18.4 Å². The first kappa shape index (κ1) is 10.2. The Bertz CT molecular complexity index is 506. The van der Waals surface area contributed by atoms with E-state index in [-0.39, 0.29) is 5.54 Å². The second-order valence-electron chi connectivity index (χ2n) is 4.25. The Balaban J connectivity index is 1.69. The van der Waals surface area contributed by atoms with Crippen LogP contribution < -0.4 is 5.32 Å². The molecule has 6 heteroatoms. The predicted molar refractivity (Wildman–Crippen MR) is 59.9 cm³/mol. The molecule has 88 valence electrons. The Morgan fingerprint density at radius 3 is 2.94 bits per heavy atom. The van der Waals surface area contributed by atoms with Crippen LogP contribution in [0.4, 0.5) is 10.2 Å². The van der Waals surface area contributed by atoms with Crippen LogP contribution in [0.25, 0.3) is 0 Å². The van der Waals surface area contributed by atoms with Gasteiger partial charge in [0.05, 0.1) is 5.54 Å². The van der Waals surface area contributed by atoms with E-state index in [1.807, 2.05) is 16.9 Å². The lowest BCUT2D eigenvalue weighted by Gasteiger charge is -2.16. The zero-order valence-electron chi connectivity index (χ0n) is 9.17. The monoisotopic (exact) mass is 233 g/mol. The molecule has 1 aliphatic rings. The van der Waals surface area contributed by atoms with Gasteiger partial charge < -0.3 is 5.32 Å². The molecule has 0 bridgehead atoms. The Morgan fingerprint density at radius 1 is 1.41 bits per heavy atom. The number of nitrogens with one attached hydrogen (secondary N) is 1. The van der Waals surface area contributed by atoms with Crippen LogP contribution in [0.15, 0.2) is 30.9 Å². The van der Waals surface area contributed by atoms with Gasteiger partial charge in [-0.3, -0.25) is 4.68 Å². The number of nitrogens with zero attached hydrogens (tertiary/aromatic N) is 4. The van der Waals surface area contributed by atoms with Gasteiger partial charge in [-0.2, -0.15) is 9.49 Å². The molecule has 0 saturated heterocycles. The van der Waals surface area contributed by atoms with Crippen LogP contribution in [0, 0.1) is 5.95 Å². The fraction of sp³-hybridized carbons (Fsp3) is 0.364. The molecule has 2 aromatic heterocycles. The van der Waals surface area contributed by atoms with Crippen molar-refractivity contribution in [2.24, 2.45) is 0 Å². The van der Waals surface area contributed by atoms with Crippen molar-refractivity contribution >= 4 is 5.82 Å². The second kappa shape index (κ2) is 3.80. The van der Waals surface area contributed by atoms with Gasteiger partial charge >= 0.3 is 0 Å². The minimum absolute atomic E-state index is 0.0327. The molecule has 1 aliphatic carbocycles. The number of anilines is 1. The van der Waals surface area contributed by atoms with Crippen LogP contribution >= 0.6 is 0 Å². The summed E-state index contributed by atoms with van der Waals surface area (Å²) in [6.45, 7) is 0.700. The van der Waals surface area contributed by atoms with Crippen molar-refractivity contribution in [1.82, 2.24) is 19.7 Å². The second-order valence-corrected chi connectivity index (χ2v) is 4.25. The summed E-state index contributed by atoms with van der Waals surface area (Å²) in [6, 6.07) is 3.20. The van der Waals surface area contributed by atoms with E-state index < -0.39 is 5.95 Å². The molecular formula is C11H12FN5. The van der Waals surface area contributed by atoms with Gasteiger partial charge in [-0.25, -0.2) is 9.97 Å². The van der Waals surface area contributed by atoms with Gasteiger partial charge in [0.25, 0.3) is 0 Å². The molecule has 0 spiro atoms. The van der Waals surface area contributed by atoms with Crippen molar-refractivity contribution in [2.75, 3.05) is 11.9 Å². The van der Waals surface area contributed by atoms with Gasteiger partial charge in [0.2, 0.25) is 5.95 Å². The van der Waals surface area contributed by atoms with Crippen LogP contribution in [0.2, 0.25) is 0 Å². The Kier molecular flexibility index (Phi) is 2.28. The number of hydrogen-bond acceptors (Lipinski definition) is 4. The Labute approximate surface area is 97.7 Å². The molecule has 5 nitrogen and oxygen atoms in total. The molecular weight excluding hydrogens is 221 g/mol. The van der Waals surface area contributed by atoms with Gasteiger partial charge in [-0.05, 0) is 18.9 Å². The lowest BCUT2D eigenvalue weighted by atomic mass is 10.3. The molecule has 1 N–H and O–H groups in total. The van der Waals surface area contributed by atoms with E-state index in [1.54, 1.807) is 6.20 Å². The number of halogens is 1. The summed E-state index contributed by atoms with van der Waals surface area (Å²) in [5.74, 6) is -0.0117. The quantitative estimate of drug-likeness (QED) is 0.811. The molecule has 1 fully saturated rings. The summed E-state index contributed by atoms with van der Waals surface area (Å²) in [4.78, 5) is 7.37. The molecule has 3 rings (SSSR count). The van der Waals surface area contributed by atoms with Crippen molar-refractivity contribution in [3.63, 3.8) is 0 Å². The molecule has 1 saturated carbocycles. The summed E-state index contributed by atoms with van der Waals surface area (Å²) in [7, 11) is 0. The summed E-state index contributed by atoms with van der Waals surface area (Å²) >= 11 is 0. The van der Waals surface area contributed by atoms with Crippen LogP contribution in [0.1, 0.15) is 12.8 Å². The number of aromatic nitrogens is 4. The maximum absolute atomic E-state index is 12.9. The zero-order chi connectivity index (χ0) is 11.7. The lowest BCUT2D eigenvalue weighted by Crippen LogP contribution is -2.27. The smallest absolute Gasteiger partial charge is 0.217 e. The molecule has 0 amide bonds. The maximum Gasteiger partial charge on any atom is 0.217 e. The zero-order valence-corrected chi connectivity index (χ0v) is 9.17. The highest BCUT2D eigenvalue weighted by Crippen LogP contribution is 2.42. The first-order valence-corrected chi connectivity index (χ1v) is 5.50. The molecule has 0 unspecified atom stereocenters. The average molecular weight is 233 g/mol. The van der Waals surface area contributed by atoms with Gasteiger partial charge in [-0.15, -0.1) is 0 Å². The Morgan fingerprint density at radius 2 is 2.29 bits per heavy atom. The van der Waals surface area contributed by atoms with E-state index in [0.717, 1.165) is 12.8 Å².